The molecular weight excluding hydrogens is 344 g/mol. The number of nitrogens with one attached hydrogen (secondary N) is 1. The Kier molecular flexibility index (Phi) is 5.11. The molecule has 0 atom stereocenters. The molecule has 7 heteroatoms. The average molecular weight is 362 g/mol. The van der Waals surface area contributed by atoms with Gasteiger partial charge in [-0.1, -0.05) is 13.3 Å². The number of hydrogen-bond acceptors (Lipinski definition) is 6. The number of aromatic amines is 1. The summed E-state index contributed by atoms with van der Waals surface area (Å²) in [5, 5.41) is 2.55. The Morgan fingerprint density at radius 1 is 1.38 bits per heavy atom. The van der Waals surface area contributed by atoms with Gasteiger partial charge in [-0.3, -0.25) is 9.59 Å². The second kappa shape index (κ2) is 7.27. The predicted molar refractivity (Wildman–Crippen MR) is 97.6 cm³/mol. The molecule has 3 aromatic rings. The molecule has 0 unspecified atom stereocenters. The number of fused-ring (bicyclic) bond motifs is 1. The Balaban J connectivity index is 1.84. The van der Waals surface area contributed by atoms with E-state index < -0.39 is 0 Å². The van der Waals surface area contributed by atoms with Gasteiger partial charge >= 0.3 is 5.97 Å². The van der Waals surface area contributed by atoms with Gasteiger partial charge in [0.2, 0.25) is 0 Å². The van der Waals surface area contributed by atoms with Crippen molar-refractivity contribution in [3.05, 3.63) is 38.6 Å². The van der Waals surface area contributed by atoms with Crippen LogP contribution in [0.1, 0.15) is 36.9 Å². The number of rotatable bonds is 6. The van der Waals surface area contributed by atoms with Crippen LogP contribution in [0.25, 0.3) is 20.7 Å². The van der Waals surface area contributed by atoms with E-state index >= 15 is 0 Å². The molecule has 0 spiro atoms. The first kappa shape index (κ1) is 16.9. The number of esters is 1. The Bertz CT molecular complexity index is 923. The Morgan fingerprint density at radius 2 is 2.21 bits per heavy atom. The maximum absolute atomic E-state index is 12.5. The van der Waals surface area contributed by atoms with Gasteiger partial charge in [-0.25, -0.2) is 4.98 Å². The van der Waals surface area contributed by atoms with E-state index in [0.29, 0.717) is 22.5 Å². The molecule has 5 nitrogen and oxygen atoms in total. The van der Waals surface area contributed by atoms with Crippen LogP contribution in [-0.4, -0.2) is 15.9 Å². The van der Waals surface area contributed by atoms with E-state index in [1.165, 1.54) is 16.2 Å². The number of unbranched alkanes of at least 4 members (excludes halogenated alkanes) is 1. The van der Waals surface area contributed by atoms with Crippen LogP contribution in [-0.2, 0) is 16.1 Å². The van der Waals surface area contributed by atoms with Crippen LogP contribution in [0, 0.1) is 6.92 Å². The minimum absolute atomic E-state index is 0.000922. The van der Waals surface area contributed by atoms with E-state index in [2.05, 4.69) is 9.97 Å². The van der Waals surface area contributed by atoms with Crippen LogP contribution in [0.2, 0.25) is 0 Å². The van der Waals surface area contributed by atoms with Gasteiger partial charge in [0, 0.05) is 27.1 Å². The fraction of sp³-hybridized carbons (Fsp3) is 0.353. The highest BCUT2D eigenvalue weighted by atomic mass is 32.1. The second-order valence-electron chi connectivity index (χ2n) is 5.52. The number of nitrogens with zero attached hydrogens (tertiary/aromatic N) is 1. The maximum atomic E-state index is 12.5. The molecule has 24 heavy (non-hydrogen) atoms. The summed E-state index contributed by atoms with van der Waals surface area (Å²) in [6.07, 6.45) is 2.14. The molecule has 0 bridgehead atoms. The lowest BCUT2D eigenvalue weighted by Crippen LogP contribution is -2.14. The third-order valence-electron chi connectivity index (χ3n) is 3.60. The fourth-order valence-electron chi connectivity index (χ4n) is 2.36. The molecule has 0 fully saturated rings. The third-order valence-corrected chi connectivity index (χ3v) is 5.51. The number of ether oxygens (including phenoxy) is 1. The van der Waals surface area contributed by atoms with Crippen molar-refractivity contribution in [2.45, 2.75) is 39.7 Å². The van der Waals surface area contributed by atoms with Crippen LogP contribution in [0.15, 0.2) is 22.3 Å². The van der Waals surface area contributed by atoms with Crippen LogP contribution in [0.3, 0.4) is 0 Å². The van der Waals surface area contributed by atoms with Crippen molar-refractivity contribution in [3.8, 4) is 10.4 Å². The molecule has 3 aromatic heterocycles. The first-order valence-corrected chi connectivity index (χ1v) is 9.51. The smallest absolute Gasteiger partial charge is 0.306 e. The number of carbonyl (C=O) groups excluding carboxylic acids is 1. The molecule has 0 aromatic carbocycles. The van der Waals surface area contributed by atoms with Crippen molar-refractivity contribution in [3.63, 3.8) is 0 Å². The highest BCUT2D eigenvalue weighted by Gasteiger charge is 2.14. The van der Waals surface area contributed by atoms with Gasteiger partial charge in [0.15, 0.2) is 0 Å². The highest BCUT2D eigenvalue weighted by molar-refractivity contribution is 7.19. The van der Waals surface area contributed by atoms with Gasteiger partial charge in [0.1, 0.15) is 17.3 Å². The second-order valence-corrected chi connectivity index (χ2v) is 7.66. The third kappa shape index (κ3) is 3.57. The zero-order chi connectivity index (χ0) is 17.1. The van der Waals surface area contributed by atoms with Gasteiger partial charge in [0.25, 0.3) is 5.56 Å². The molecule has 0 amide bonds. The molecule has 3 rings (SSSR count). The summed E-state index contributed by atoms with van der Waals surface area (Å²) in [7, 11) is 0. The van der Waals surface area contributed by atoms with Crippen LogP contribution >= 0.6 is 22.7 Å². The number of H-pyrrole nitrogens is 1. The normalized spacial score (nSPS) is 11.1. The molecule has 0 saturated carbocycles. The highest BCUT2D eigenvalue weighted by Crippen LogP contribution is 2.34. The van der Waals surface area contributed by atoms with Crippen molar-refractivity contribution in [2.75, 3.05) is 0 Å². The molecule has 0 aliphatic carbocycles. The van der Waals surface area contributed by atoms with Crippen LogP contribution in [0.4, 0.5) is 0 Å². The zero-order valence-corrected chi connectivity index (χ0v) is 15.2. The van der Waals surface area contributed by atoms with Crippen molar-refractivity contribution in [1.82, 2.24) is 9.97 Å². The Hall–Kier alpha value is -1.99. The first-order chi connectivity index (χ1) is 11.6. The Morgan fingerprint density at radius 3 is 2.92 bits per heavy atom. The van der Waals surface area contributed by atoms with Crippen molar-refractivity contribution in [2.24, 2.45) is 0 Å². The summed E-state index contributed by atoms with van der Waals surface area (Å²) in [5.41, 5.74) is 0.718. The van der Waals surface area contributed by atoms with Gasteiger partial charge < -0.3 is 9.72 Å². The molecule has 0 aliphatic heterocycles. The molecule has 0 aliphatic rings. The summed E-state index contributed by atoms with van der Waals surface area (Å²) >= 11 is 3.08. The maximum Gasteiger partial charge on any atom is 0.306 e. The Labute approximate surface area is 147 Å². The van der Waals surface area contributed by atoms with E-state index in [-0.39, 0.29) is 18.1 Å². The van der Waals surface area contributed by atoms with E-state index in [0.717, 1.165) is 23.3 Å². The molecule has 126 valence electrons. The molecule has 1 N–H and O–H groups in total. The summed E-state index contributed by atoms with van der Waals surface area (Å²) in [5.74, 6) is 0.119. The number of carbonyl (C=O) groups is 1. The monoisotopic (exact) mass is 362 g/mol. The predicted octanol–water partition coefficient (Wildman–Crippen LogP) is 4.25. The summed E-state index contributed by atoms with van der Waals surface area (Å²) in [6.45, 7) is 4.05. The summed E-state index contributed by atoms with van der Waals surface area (Å²) < 4.78 is 5.16. The SMILES string of the molecule is CCCCC(=O)OCc1nc2scc(-c3ccc(C)s3)c2c(=O)[nH]1. The van der Waals surface area contributed by atoms with Crippen LogP contribution < -0.4 is 5.56 Å². The standard InChI is InChI=1S/C17H18N2O3S2/c1-3-4-5-14(20)22-8-13-18-16(21)15-11(9-23-17(15)19-13)12-7-6-10(2)24-12/h6-7,9H,3-5,8H2,1-2H3,(H,18,19,21). The molecular formula is C17H18N2O3S2. The number of thiophene rings is 2. The van der Waals surface area contributed by atoms with Crippen LogP contribution in [0.5, 0.6) is 0 Å². The quantitative estimate of drug-likeness (QED) is 0.665. The lowest BCUT2D eigenvalue weighted by atomic mass is 10.2. The minimum atomic E-state index is -0.263. The zero-order valence-electron chi connectivity index (χ0n) is 13.5. The van der Waals surface area contributed by atoms with E-state index in [4.69, 9.17) is 4.74 Å². The topological polar surface area (TPSA) is 72.0 Å². The fourth-order valence-corrected chi connectivity index (χ4v) is 4.29. The molecule has 0 saturated heterocycles. The van der Waals surface area contributed by atoms with Crippen molar-refractivity contribution >= 4 is 38.9 Å². The van der Waals surface area contributed by atoms with Crippen molar-refractivity contribution < 1.29 is 9.53 Å². The number of aromatic nitrogens is 2. The minimum Gasteiger partial charge on any atom is -0.458 e. The van der Waals surface area contributed by atoms with Gasteiger partial charge in [-0.15, -0.1) is 22.7 Å². The van der Waals surface area contributed by atoms with E-state index in [9.17, 15) is 9.59 Å². The van der Waals surface area contributed by atoms with Gasteiger partial charge in [-0.05, 0) is 25.5 Å². The van der Waals surface area contributed by atoms with E-state index in [1.807, 2.05) is 31.4 Å². The lowest BCUT2D eigenvalue weighted by Gasteiger charge is -2.04. The van der Waals surface area contributed by atoms with E-state index in [1.54, 1.807) is 11.3 Å². The lowest BCUT2D eigenvalue weighted by molar-refractivity contribution is -0.145. The number of hydrogen-bond donors (Lipinski definition) is 1. The summed E-state index contributed by atoms with van der Waals surface area (Å²) in [4.78, 5) is 34.1. The van der Waals surface area contributed by atoms with Gasteiger partial charge in [-0.2, -0.15) is 0 Å². The first-order valence-electron chi connectivity index (χ1n) is 7.81. The van der Waals surface area contributed by atoms with Crippen molar-refractivity contribution in [1.29, 1.82) is 0 Å². The molecule has 0 radical (unpaired) electrons. The average Bonchev–Trinajstić information content (AvgIpc) is 3.17. The number of aryl methyl sites for hydroxylation is 1. The van der Waals surface area contributed by atoms with Gasteiger partial charge in [0.05, 0.1) is 5.39 Å². The summed E-state index contributed by atoms with van der Waals surface area (Å²) in [6, 6.07) is 4.06. The largest absolute Gasteiger partial charge is 0.458 e. The molecule has 3 heterocycles.